The number of aliphatic hydroxyl groups is 1. The van der Waals surface area contributed by atoms with Crippen molar-refractivity contribution in [2.75, 3.05) is 7.11 Å². The van der Waals surface area contributed by atoms with E-state index in [4.69, 9.17) is 9.31 Å². The van der Waals surface area contributed by atoms with E-state index >= 15 is 0 Å². The normalized spacial score (nSPS) is 21.1. The molecule has 1 unspecified atom stereocenters. The van der Waals surface area contributed by atoms with E-state index in [-0.39, 0.29) is 0 Å². The van der Waals surface area contributed by atoms with Gasteiger partial charge in [-0.1, -0.05) is 24.3 Å². The van der Waals surface area contributed by atoms with Gasteiger partial charge in [0.15, 0.2) is 6.10 Å². The summed E-state index contributed by atoms with van der Waals surface area (Å²) >= 11 is 0. The minimum Gasteiger partial charge on any atom is -0.467 e. The van der Waals surface area contributed by atoms with Crippen LogP contribution in [0.3, 0.4) is 0 Å². The van der Waals surface area contributed by atoms with Crippen molar-refractivity contribution in [3.05, 3.63) is 29.8 Å². The van der Waals surface area contributed by atoms with Crippen molar-refractivity contribution in [1.82, 2.24) is 0 Å². The Hall–Kier alpha value is -1.37. The molecule has 2 rings (SSSR count). The second-order valence-corrected chi connectivity index (χ2v) is 6.14. The molecule has 1 aromatic carbocycles. The Morgan fingerprint density at radius 3 is 2.24 bits per heavy atom. The van der Waals surface area contributed by atoms with E-state index in [1.807, 2.05) is 33.8 Å². The van der Waals surface area contributed by atoms with Gasteiger partial charge < -0.3 is 19.2 Å². The smallest absolute Gasteiger partial charge is 0.467 e. The van der Waals surface area contributed by atoms with Crippen molar-refractivity contribution in [2.24, 2.45) is 0 Å². The Labute approximate surface area is 125 Å². The molecular formula is C15H21BO5. The van der Waals surface area contributed by atoms with Gasteiger partial charge in [0.05, 0.1) is 18.3 Å². The molecule has 114 valence electrons. The summed E-state index contributed by atoms with van der Waals surface area (Å²) in [6.07, 6.45) is -1.36. The highest BCUT2D eigenvalue weighted by molar-refractivity contribution is 6.62. The van der Waals surface area contributed by atoms with Gasteiger partial charge in [0.25, 0.3) is 0 Å². The zero-order valence-electron chi connectivity index (χ0n) is 13.0. The highest BCUT2D eigenvalue weighted by Gasteiger charge is 2.52. The fourth-order valence-corrected chi connectivity index (χ4v) is 2.18. The van der Waals surface area contributed by atoms with Crippen molar-refractivity contribution in [3.63, 3.8) is 0 Å². The van der Waals surface area contributed by atoms with Crippen molar-refractivity contribution < 1.29 is 23.9 Å². The van der Waals surface area contributed by atoms with Gasteiger partial charge in [-0.05, 0) is 38.7 Å². The minimum atomic E-state index is -1.36. The quantitative estimate of drug-likeness (QED) is 0.669. The van der Waals surface area contributed by atoms with E-state index in [2.05, 4.69) is 4.74 Å². The standard InChI is InChI=1S/C15H21BO5/c1-14(2)15(3,4)21-16(20-14)11-9-7-6-8-10(11)12(17)13(18)19-5/h6-9,12,17H,1-5H3. The van der Waals surface area contributed by atoms with Crippen molar-refractivity contribution >= 4 is 18.6 Å². The summed E-state index contributed by atoms with van der Waals surface area (Å²) < 4.78 is 16.5. The molecule has 1 saturated heterocycles. The first-order valence-electron chi connectivity index (χ1n) is 6.90. The highest BCUT2D eigenvalue weighted by atomic mass is 16.7. The van der Waals surface area contributed by atoms with E-state index in [1.54, 1.807) is 18.2 Å². The van der Waals surface area contributed by atoms with E-state index in [1.165, 1.54) is 7.11 Å². The van der Waals surface area contributed by atoms with E-state index in [9.17, 15) is 9.90 Å². The zero-order valence-corrected chi connectivity index (χ0v) is 13.0. The maximum Gasteiger partial charge on any atom is 0.495 e. The maximum atomic E-state index is 11.6. The van der Waals surface area contributed by atoms with Crippen LogP contribution in [0, 0.1) is 0 Å². The van der Waals surface area contributed by atoms with Gasteiger partial charge in [0.1, 0.15) is 0 Å². The van der Waals surface area contributed by atoms with Gasteiger partial charge in [-0.15, -0.1) is 0 Å². The van der Waals surface area contributed by atoms with Crippen LogP contribution in [0.2, 0.25) is 0 Å². The molecule has 21 heavy (non-hydrogen) atoms. The van der Waals surface area contributed by atoms with Crippen LogP contribution < -0.4 is 5.46 Å². The first-order valence-corrected chi connectivity index (χ1v) is 6.90. The molecule has 0 spiro atoms. The third-order valence-corrected chi connectivity index (χ3v) is 4.22. The summed E-state index contributed by atoms with van der Waals surface area (Å²) in [6.45, 7) is 7.80. The monoisotopic (exact) mass is 292 g/mol. The van der Waals surface area contributed by atoms with Gasteiger partial charge in [-0.2, -0.15) is 0 Å². The summed E-state index contributed by atoms with van der Waals surface area (Å²) in [6, 6.07) is 7.01. The number of methoxy groups -OCH3 is 1. The van der Waals surface area contributed by atoms with E-state index in [0.717, 1.165) is 0 Å². The van der Waals surface area contributed by atoms with Gasteiger partial charge >= 0.3 is 13.1 Å². The van der Waals surface area contributed by atoms with Gasteiger partial charge in [0, 0.05) is 0 Å². The van der Waals surface area contributed by atoms with Gasteiger partial charge in [0.2, 0.25) is 0 Å². The molecule has 1 aromatic rings. The first-order chi connectivity index (χ1) is 9.69. The van der Waals surface area contributed by atoms with Gasteiger partial charge in [-0.25, -0.2) is 4.79 Å². The Balaban J connectivity index is 2.36. The van der Waals surface area contributed by atoms with Crippen LogP contribution in [0.15, 0.2) is 24.3 Å². The highest BCUT2D eigenvalue weighted by Crippen LogP contribution is 2.37. The molecule has 1 atom stereocenters. The minimum absolute atomic E-state index is 0.433. The van der Waals surface area contributed by atoms with Crippen LogP contribution in [0.25, 0.3) is 0 Å². The molecule has 1 heterocycles. The molecule has 0 radical (unpaired) electrons. The summed E-state index contributed by atoms with van der Waals surface area (Å²) in [5, 5.41) is 10.1. The molecular weight excluding hydrogens is 271 g/mol. The summed E-state index contributed by atoms with van der Waals surface area (Å²) in [7, 11) is 0.605. The Kier molecular flexibility index (Phi) is 4.15. The first kappa shape index (κ1) is 16.0. The van der Waals surface area contributed by atoms with Crippen LogP contribution in [0.5, 0.6) is 0 Å². The average Bonchev–Trinajstić information content (AvgIpc) is 2.65. The van der Waals surface area contributed by atoms with Crippen molar-refractivity contribution in [3.8, 4) is 0 Å². The van der Waals surface area contributed by atoms with Crippen LogP contribution in [-0.2, 0) is 18.8 Å². The number of aliphatic hydroxyl groups excluding tert-OH is 1. The summed E-state index contributed by atoms with van der Waals surface area (Å²) in [4.78, 5) is 11.6. The molecule has 5 nitrogen and oxygen atoms in total. The summed E-state index contributed by atoms with van der Waals surface area (Å²) in [5.41, 5.74) is 0.0963. The SMILES string of the molecule is COC(=O)C(O)c1ccccc1B1OC(C)(C)C(C)(C)O1. The Morgan fingerprint density at radius 2 is 1.71 bits per heavy atom. The Morgan fingerprint density at radius 1 is 1.19 bits per heavy atom. The molecule has 0 aliphatic carbocycles. The lowest BCUT2D eigenvalue weighted by molar-refractivity contribution is -0.150. The number of carbonyl (C=O) groups is 1. The fourth-order valence-electron chi connectivity index (χ4n) is 2.18. The molecule has 0 saturated carbocycles. The lowest BCUT2D eigenvalue weighted by Gasteiger charge is -2.32. The van der Waals surface area contributed by atoms with Crippen LogP contribution in [0.4, 0.5) is 0 Å². The van der Waals surface area contributed by atoms with E-state index < -0.39 is 30.4 Å². The number of carbonyl (C=O) groups excluding carboxylic acids is 1. The third-order valence-electron chi connectivity index (χ3n) is 4.22. The largest absolute Gasteiger partial charge is 0.495 e. The van der Waals surface area contributed by atoms with Crippen molar-refractivity contribution in [1.29, 1.82) is 0 Å². The number of benzene rings is 1. The fraction of sp³-hybridized carbons (Fsp3) is 0.533. The van der Waals surface area contributed by atoms with Crippen molar-refractivity contribution in [2.45, 2.75) is 45.0 Å². The molecule has 0 amide bonds. The number of rotatable bonds is 3. The lowest BCUT2D eigenvalue weighted by Crippen LogP contribution is -2.41. The predicted octanol–water partition coefficient (Wildman–Crippen LogP) is 1.19. The number of ether oxygens (including phenoxy) is 1. The van der Waals surface area contributed by atoms with Crippen LogP contribution in [0.1, 0.15) is 39.4 Å². The molecule has 0 bridgehead atoms. The van der Waals surface area contributed by atoms with E-state index in [0.29, 0.717) is 11.0 Å². The molecule has 0 aromatic heterocycles. The molecule has 1 aliphatic heterocycles. The molecule has 6 heteroatoms. The second kappa shape index (κ2) is 5.44. The predicted molar refractivity (Wildman–Crippen MR) is 79.1 cm³/mol. The molecule has 1 fully saturated rings. The van der Waals surface area contributed by atoms with Crippen LogP contribution >= 0.6 is 0 Å². The third kappa shape index (κ3) is 2.84. The van der Waals surface area contributed by atoms with Gasteiger partial charge in [-0.3, -0.25) is 0 Å². The maximum absolute atomic E-state index is 11.6. The average molecular weight is 292 g/mol. The van der Waals surface area contributed by atoms with Crippen LogP contribution in [-0.4, -0.2) is 36.5 Å². The lowest BCUT2D eigenvalue weighted by atomic mass is 9.75. The molecule has 1 aliphatic rings. The number of esters is 1. The topological polar surface area (TPSA) is 65.0 Å². The number of hydrogen-bond acceptors (Lipinski definition) is 5. The second-order valence-electron chi connectivity index (χ2n) is 6.14. The summed E-state index contributed by atoms with van der Waals surface area (Å²) in [5.74, 6) is -0.709. The molecule has 1 N–H and O–H groups in total. The Bertz CT molecular complexity index is 525. The zero-order chi connectivity index (χ0) is 15.8. The number of hydrogen-bond donors (Lipinski definition) is 1.